The molecule has 1 aromatic rings. The molecule has 21 heavy (non-hydrogen) atoms. The molecule has 1 saturated heterocycles. The number of alkyl halides is 3. The Morgan fingerprint density at radius 3 is 2.67 bits per heavy atom. The molecule has 1 fully saturated rings. The summed E-state index contributed by atoms with van der Waals surface area (Å²) in [5, 5.41) is 12.1. The van der Waals surface area contributed by atoms with Gasteiger partial charge < -0.3 is 10.4 Å². The van der Waals surface area contributed by atoms with Crippen LogP contribution in [0.4, 0.5) is 18.0 Å². The zero-order valence-corrected chi connectivity index (χ0v) is 11.5. The average molecular weight is 324 g/mol. The van der Waals surface area contributed by atoms with Crippen LogP contribution in [0, 0.1) is 0 Å². The van der Waals surface area contributed by atoms with Crippen molar-refractivity contribution in [2.24, 2.45) is 0 Å². The van der Waals surface area contributed by atoms with Crippen molar-refractivity contribution in [3.8, 4) is 0 Å². The van der Waals surface area contributed by atoms with Gasteiger partial charge in [-0.05, 0) is 19.0 Å². The number of hydrogen-bond donors (Lipinski definition) is 2. The van der Waals surface area contributed by atoms with Gasteiger partial charge in [-0.3, -0.25) is 4.90 Å². The molecule has 0 spiro atoms. The number of pyridine rings is 1. The topological polar surface area (TPSA) is 65.5 Å². The fourth-order valence-electron chi connectivity index (χ4n) is 2.41. The molecule has 0 aliphatic carbocycles. The summed E-state index contributed by atoms with van der Waals surface area (Å²) >= 11 is 5.57. The maximum absolute atomic E-state index is 13.4. The number of halogens is 4. The van der Waals surface area contributed by atoms with Crippen LogP contribution in [0.15, 0.2) is 18.3 Å². The van der Waals surface area contributed by atoms with Crippen LogP contribution in [0.3, 0.4) is 0 Å². The van der Waals surface area contributed by atoms with Crippen molar-refractivity contribution in [3.05, 3.63) is 29.0 Å². The van der Waals surface area contributed by atoms with E-state index in [1.165, 1.54) is 6.07 Å². The zero-order chi connectivity index (χ0) is 15.6. The van der Waals surface area contributed by atoms with E-state index in [-0.39, 0.29) is 17.3 Å². The Kier molecular flexibility index (Phi) is 4.58. The molecule has 1 aliphatic heterocycles. The van der Waals surface area contributed by atoms with Gasteiger partial charge in [-0.2, -0.15) is 13.2 Å². The van der Waals surface area contributed by atoms with Gasteiger partial charge in [-0.15, -0.1) is 0 Å². The van der Waals surface area contributed by atoms with Gasteiger partial charge in [-0.1, -0.05) is 17.7 Å². The lowest BCUT2D eigenvalue weighted by Crippen LogP contribution is -2.48. The van der Waals surface area contributed by atoms with Gasteiger partial charge in [0.2, 0.25) is 0 Å². The molecule has 1 aromatic heterocycles. The first kappa shape index (κ1) is 15.8. The van der Waals surface area contributed by atoms with E-state index in [0.29, 0.717) is 17.9 Å². The molecule has 2 N–H and O–H groups in total. The fraction of sp³-hybridized carbons (Fsp3) is 0.500. The minimum absolute atomic E-state index is 0.0454. The van der Waals surface area contributed by atoms with Crippen molar-refractivity contribution in [1.82, 2.24) is 15.2 Å². The third kappa shape index (κ3) is 3.56. The Morgan fingerprint density at radius 1 is 1.52 bits per heavy atom. The van der Waals surface area contributed by atoms with Crippen molar-refractivity contribution < 1.29 is 23.1 Å². The molecule has 1 aliphatic rings. The Labute approximate surface area is 123 Å². The van der Waals surface area contributed by atoms with E-state index in [9.17, 15) is 23.1 Å². The third-order valence-electron chi connectivity index (χ3n) is 3.30. The number of carboxylic acid groups (broad SMARTS) is 1. The molecule has 116 valence electrons. The van der Waals surface area contributed by atoms with Crippen LogP contribution in [-0.4, -0.2) is 46.4 Å². The second-order valence-corrected chi connectivity index (χ2v) is 5.08. The molecular weight excluding hydrogens is 311 g/mol. The van der Waals surface area contributed by atoms with Gasteiger partial charge in [-0.25, -0.2) is 9.78 Å². The Bertz CT molecular complexity index is 503. The van der Waals surface area contributed by atoms with E-state index in [4.69, 9.17) is 11.6 Å². The van der Waals surface area contributed by atoms with E-state index >= 15 is 0 Å². The summed E-state index contributed by atoms with van der Waals surface area (Å²) in [6.45, 7) is 0.678. The fourth-order valence-corrected chi connectivity index (χ4v) is 2.52. The minimum atomic E-state index is -4.74. The SMILES string of the molecule is O=C(O)N([C@H]1CCNC1)[C@H](c1ccc(Cl)nc1)C(F)(F)F. The summed E-state index contributed by atoms with van der Waals surface area (Å²) in [5.74, 6) is 0. The second-order valence-electron chi connectivity index (χ2n) is 4.69. The smallest absolute Gasteiger partial charge is 0.413 e. The number of carbonyl (C=O) groups is 1. The van der Waals surface area contributed by atoms with Gasteiger partial charge in [0.1, 0.15) is 5.15 Å². The quantitative estimate of drug-likeness (QED) is 0.839. The maximum Gasteiger partial charge on any atom is 0.413 e. The molecular formula is C12H13ClF3N3O2. The third-order valence-corrected chi connectivity index (χ3v) is 3.53. The summed E-state index contributed by atoms with van der Waals surface area (Å²) in [5.41, 5.74) is -0.249. The Balaban J connectivity index is 2.42. The van der Waals surface area contributed by atoms with Crippen LogP contribution >= 0.6 is 11.6 Å². The van der Waals surface area contributed by atoms with Gasteiger partial charge in [0.05, 0.1) is 0 Å². The van der Waals surface area contributed by atoms with Crippen LogP contribution in [0.2, 0.25) is 5.15 Å². The van der Waals surface area contributed by atoms with Crippen molar-refractivity contribution in [3.63, 3.8) is 0 Å². The van der Waals surface area contributed by atoms with E-state index in [0.717, 1.165) is 12.3 Å². The average Bonchev–Trinajstić information content (AvgIpc) is 2.89. The van der Waals surface area contributed by atoms with Gasteiger partial charge >= 0.3 is 12.3 Å². The van der Waals surface area contributed by atoms with E-state index < -0.39 is 24.4 Å². The highest BCUT2D eigenvalue weighted by Crippen LogP contribution is 2.39. The van der Waals surface area contributed by atoms with E-state index in [1.807, 2.05) is 0 Å². The summed E-state index contributed by atoms with van der Waals surface area (Å²) in [4.78, 5) is 15.4. The first-order chi connectivity index (χ1) is 9.80. The lowest BCUT2D eigenvalue weighted by atomic mass is 10.0. The van der Waals surface area contributed by atoms with Crippen molar-refractivity contribution >= 4 is 17.7 Å². The summed E-state index contributed by atoms with van der Waals surface area (Å²) in [7, 11) is 0. The molecule has 5 nitrogen and oxygen atoms in total. The number of nitrogens with zero attached hydrogens (tertiary/aromatic N) is 2. The van der Waals surface area contributed by atoms with Crippen molar-refractivity contribution in [2.75, 3.05) is 13.1 Å². The Morgan fingerprint density at radius 2 is 2.24 bits per heavy atom. The highest BCUT2D eigenvalue weighted by Gasteiger charge is 2.49. The zero-order valence-electron chi connectivity index (χ0n) is 10.8. The molecule has 0 radical (unpaired) electrons. The molecule has 0 bridgehead atoms. The van der Waals surface area contributed by atoms with Crippen molar-refractivity contribution in [1.29, 1.82) is 0 Å². The lowest BCUT2D eigenvalue weighted by molar-refractivity contribution is -0.185. The largest absolute Gasteiger partial charge is 0.465 e. The summed E-state index contributed by atoms with van der Waals surface area (Å²) < 4.78 is 40.2. The lowest BCUT2D eigenvalue weighted by Gasteiger charge is -2.35. The molecule has 9 heteroatoms. The predicted octanol–water partition coefficient (Wildman–Crippen LogP) is 2.68. The number of aromatic nitrogens is 1. The van der Waals surface area contributed by atoms with Crippen LogP contribution in [0.25, 0.3) is 0 Å². The standard InChI is InChI=1S/C12H13ClF3N3O2/c13-9-2-1-7(5-18-9)10(12(14,15)16)19(11(20)21)8-3-4-17-6-8/h1-2,5,8,10,17H,3-4,6H2,(H,20,21)/t8-,10+/m0/s1. The van der Waals surface area contributed by atoms with Crippen LogP contribution in [-0.2, 0) is 0 Å². The predicted molar refractivity (Wildman–Crippen MR) is 69.2 cm³/mol. The van der Waals surface area contributed by atoms with Gasteiger partial charge in [0, 0.05) is 24.3 Å². The molecule has 2 rings (SSSR count). The molecule has 0 unspecified atom stereocenters. The van der Waals surface area contributed by atoms with Gasteiger partial charge in [0.25, 0.3) is 0 Å². The highest BCUT2D eigenvalue weighted by molar-refractivity contribution is 6.29. The molecule has 2 heterocycles. The number of amides is 1. The highest BCUT2D eigenvalue weighted by atomic mass is 35.5. The Hall–Kier alpha value is -1.54. The van der Waals surface area contributed by atoms with Crippen molar-refractivity contribution in [2.45, 2.75) is 24.7 Å². The second kappa shape index (κ2) is 6.07. The van der Waals surface area contributed by atoms with E-state index in [2.05, 4.69) is 10.3 Å². The summed E-state index contributed by atoms with van der Waals surface area (Å²) in [6.07, 6.45) is -5.06. The molecule has 0 saturated carbocycles. The normalized spacial score (nSPS) is 20.3. The van der Waals surface area contributed by atoms with Crippen LogP contribution in [0.5, 0.6) is 0 Å². The monoisotopic (exact) mass is 323 g/mol. The number of rotatable bonds is 3. The first-order valence-electron chi connectivity index (χ1n) is 6.21. The molecule has 2 atom stereocenters. The van der Waals surface area contributed by atoms with Crippen LogP contribution in [0.1, 0.15) is 18.0 Å². The number of nitrogens with one attached hydrogen (secondary N) is 1. The first-order valence-corrected chi connectivity index (χ1v) is 6.58. The van der Waals surface area contributed by atoms with Gasteiger partial charge in [0.15, 0.2) is 6.04 Å². The number of hydrogen-bond acceptors (Lipinski definition) is 3. The van der Waals surface area contributed by atoms with E-state index in [1.54, 1.807) is 0 Å². The maximum atomic E-state index is 13.4. The summed E-state index contributed by atoms with van der Waals surface area (Å²) in [6, 6.07) is -0.636. The minimum Gasteiger partial charge on any atom is -0.465 e. The van der Waals surface area contributed by atoms with Crippen LogP contribution < -0.4 is 5.32 Å². The molecule has 0 aromatic carbocycles. The molecule has 1 amide bonds.